The van der Waals surface area contributed by atoms with Crippen LogP contribution in [0.2, 0.25) is 0 Å². The van der Waals surface area contributed by atoms with Crippen molar-refractivity contribution in [2.24, 2.45) is 0 Å². The molecule has 31 heavy (non-hydrogen) atoms. The summed E-state index contributed by atoms with van der Waals surface area (Å²) in [4.78, 5) is 3.96. The number of fused-ring (bicyclic) bond motifs is 1. The number of aromatic hydroxyl groups is 1. The Bertz CT molecular complexity index is 1200. The van der Waals surface area contributed by atoms with Crippen molar-refractivity contribution >= 4 is 16.5 Å². The number of benzene rings is 2. The molecule has 9 heteroatoms. The van der Waals surface area contributed by atoms with Crippen molar-refractivity contribution in [3.05, 3.63) is 84.3 Å². The monoisotopic (exact) mass is 433 g/mol. The summed E-state index contributed by atoms with van der Waals surface area (Å²) in [7, 11) is 0. The Kier molecular flexibility index (Phi) is 5.04. The molecule has 0 saturated carbocycles. The van der Waals surface area contributed by atoms with E-state index in [-0.39, 0.29) is 11.6 Å². The third-order valence-corrected chi connectivity index (χ3v) is 4.91. The van der Waals surface area contributed by atoms with Crippen molar-refractivity contribution in [3.8, 4) is 11.6 Å². The Morgan fingerprint density at radius 2 is 1.58 bits per heavy atom. The Labute approximate surface area is 173 Å². The van der Waals surface area contributed by atoms with Gasteiger partial charge in [0.25, 0.3) is 0 Å². The molecule has 0 saturated heterocycles. The van der Waals surface area contributed by atoms with Gasteiger partial charge in [0.05, 0.1) is 5.39 Å². The van der Waals surface area contributed by atoms with Gasteiger partial charge in [-0.2, -0.15) is 22.0 Å². The van der Waals surface area contributed by atoms with Crippen LogP contribution in [0.3, 0.4) is 0 Å². The van der Waals surface area contributed by atoms with Gasteiger partial charge in [0.2, 0.25) is 5.88 Å². The van der Waals surface area contributed by atoms with Gasteiger partial charge in [-0.05, 0) is 35.9 Å². The van der Waals surface area contributed by atoms with E-state index in [1.807, 2.05) is 12.1 Å². The van der Waals surface area contributed by atoms with Crippen LogP contribution >= 0.6 is 0 Å². The first-order valence-electron chi connectivity index (χ1n) is 9.20. The van der Waals surface area contributed by atoms with E-state index < -0.39 is 17.7 Å². The van der Waals surface area contributed by atoms with Crippen LogP contribution in [0.15, 0.2) is 73.2 Å². The Hall–Kier alpha value is -3.62. The van der Waals surface area contributed by atoms with Gasteiger partial charge in [0, 0.05) is 47.5 Å². The highest BCUT2D eigenvalue weighted by molar-refractivity contribution is 5.99. The maximum Gasteiger partial charge on any atom is 0.458 e. The Morgan fingerprint density at radius 3 is 2.23 bits per heavy atom. The SMILES string of the molecule is Oc1c2c(NCc3ccncc3)cccc2cn1-c1ccc(C(F)(F)C(F)(F)F)cc1. The largest absolute Gasteiger partial charge is 0.494 e. The molecule has 0 spiro atoms. The third kappa shape index (κ3) is 3.78. The predicted octanol–water partition coefficient (Wildman–Crippen LogP) is 6.00. The zero-order valence-electron chi connectivity index (χ0n) is 15.9. The first-order chi connectivity index (χ1) is 14.7. The van der Waals surface area contributed by atoms with Gasteiger partial charge in [-0.3, -0.25) is 9.55 Å². The van der Waals surface area contributed by atoms with Crippen molar-refractivity contribution in [1.29, 1.82) is 0 Å². The molecule has 2 N–H and O–H groups in total. The minimum atomic E-state index is -5.69. The van der Waals surface area contributed by atoms with E-state index in [0.29, 0.717) is 35.1 Å². The fourth-order valence-electron chi connectivity index (χ4n) is 3.29. The summed E-state index contributed by atoms with van der Waals surface area (Å²) in [6.07, 6.45) is -0.775. The van der Waals surface area contributed by atoms with Crippen molar-refractivity contribution in [2.75, 3.05) is 5.32 Å². The second-order valence-electron chi connectivity index (χ2n) is 6.92. The number of nitrogens with zero attached hydrogens (tertiary/aromatic N) is 2. The molecule has 0 amide bonds. The average molecular weight is 433 g/mol. The lowest BCUT2D eigenvalue weighted by molar-refractivity contribution is -0.289. The summed E-state index contributed by atoms with van der Waals surface area (Å²) >= 11 is 0. The van der Waals surface area contributed by atoms with Crippen LogP contribution in [0.25, 0.3) is 16.5 Å². The van der Waals surface area contributed by atoms with E-state index >= 15 is 0 Å². The van der Waals surface area contributed by atoms with E-state index in [0.717, 1.165) is 17.7 Å². The highest BCUT2D eigenvalue weighted by atomic mass is 19.4. The number of pyridine rings is 1. The zero-order chi connectivity index (χ0) is 22.2. The summed E-state index contributed by atoms with van der Waals surface area (Å²) in [6, 6.07) is 12.6. The molecule has 0 radical (unpaired) electrons. The van der Waals surface area contributed by atoms with E-state index in [1.54, 1.807) is 36.8 Å². The number of halogens is 5. The fraction of sp³-hybridized carbons (Fsp3) is 0.136. The van der Waals surface area contributed by atoms with Gasteiger partial charge in [0.15, 0.2) is 0 Å². The molecule has 4 aromatic rings. The van der Waals surface area contributed by atoms with E-state index in [4.69, 9.17) is 0 Å². The molecule has 2 aromatic heterocycles. The number of aromatic nitrogens is 2. The maximum atomic E-state index is 13.5. The van der Waals surface area contributed by atoms with Crippen molar-refractivity contribution < 1.29 is 27.1 Å². The second-order valence-corrected chi connectivity index (χ2v) is 6.92. The van der Waals surface area contributed by atoms with Gasteiger partial charge in [-0.15, -0.1) is 0 Å². The van der Waals surface area contributed by atoms with Gasteiger partial charge < -0.3 is 10.4 Å². The van der Waals surface area contributed by atoms with Gasteiger partial charge in [0.1, 0.15) is 0 Å². The first-order valence-corrected chi connectivity index (χ1v) is 9.20. The lowest BCUT2D eigenvalue weighted by Gasteiger charge is -2.20. The molecule has 2 heterocycles. The molecule has 0 unspecified atom stereocenters. The Balaban J connectivity index is 1.67. The number of anilines is 1. The fourth-order valence-corrected chi connectivity index (χ4v) is 3.29. The molecule has 4 rings (SSSR count). The van der Waals surface area contributed by atoms with Crippen LogP contribution in [0.1, 0.15) is 11.1 Å². The highest BCUT2D eigenvalue weighted by Gasteiger charge is 2.58. The molecule has 160 valence electrons. The van der Waals surface area contributed by atoms with Crippen LogP contribution in [-0.2, 0) is 12.5 Å². The van der Waals surface area contributed by atoms with Crippen LogP contribution in [0, 0.1) is 0 Å². The molecule has 0 aliphatic carbocycles. The smallest absolute Gasteiger partial charge is 0.458 e. The van der Waals surface area contributed by atoms with Crippen LogP contribution in [0.5, 0.6) is 5.88 Å². The molecular weight excluding hydrogens is 417 g/mol. The number of alkyl halides is 5. The van der Waals surface area contributed by atoms with Crippen molar-refractivity contribution in [1.82, 2.24) is 9.55 Å². The average Bonchev–Trinajstić information content (AvgIpc) is 3.09. The van der Waals surface area contributed by atoms with Crippen molar-refractivity contribution in [2.45, 2.75) is 18.6 Å². The molecule has 0 bridgehead atoms. The first kappa shape index (κ1) is 20.6. The van der Waals surface area contributed by atoms with E-state index in [2.05, 4.69) is 10.3 Å². The lowest BCUT2D eigenvalue weighted by Crippen LogP contribution is -2.33. The topological polar surface area (TPSA) is 50.1 Å². The standard InChI is InChI=1S/C22H16F5N3O/c23-21(24,22(25,26)27)16-4-6-17(7-5-16)30-13-15-2-1-3-18(19(15)20(30)31)29-12-14-8-10-28-11-9-14/h1-11,13,29,31H,12H2. The molecule has 2 aromatic carbocycles. The van der Waals surface area contributed by atoms with Crippen molar-refractivity contribution in [3.63, 3.8) is 0 Å². The summed E-state index contributed by atoms with van der Waals surface area (Å²) in [5.74, 6) is -5.12. The molecule has 4 nitrogen and oxygen atoms in total. The minimum absolute atomic E-state index is 0.164. The predicted molar refractivity (Wildman–Crippen MR) is 106 cm³/mol. The minimum Gasteiger partial charge on any atom is -0.494 e. The summed E-state index contributed by atoms with van der Waals surface area (Å²) in [5, 5.41) is 15.2. The third-order valence-electron chi connectivity index (χ3n) is 4.91. The molecule has 0 aliphatic rings. The lowest BCUT2D eigenvalue weighted by atomic mass is 10.1. The van der Waals surface area contributed by atoms with E-state index in [9.17, 15) is 27.1 Å². The van der Waals surface area contributed by atoms with Crippen LogP contribution in [-0.4, -0.2) is 20.8 Å². The normalized spacial score (nSPS) is 12.3. The second kappa shape index (κ2) is 7.57. The molecule has 0 fully saturated rings. The zero-order valence-corrected chi connectivity index (χ0v) is 15.9. The van der Waals surface area contributed by atoms with Gasteiger partial charge in [-0.25, -0.2) is 0 Å². The molecule has 0 atom stereocenters. The summed E-state index contributed by atoms with van der Waals surface area (Å²) < 4.78 is 66.1. The van der Waals surface area contributed by atoms with Crippen LogP contribution < -0.4 is 5.32 Å². The van der Waals surface area contributed by atoms with E-state index in [1.165, 1.54) is 4.57 Å². The van der Waals surface area contributed by atoms with Crippen LogP contribution in [0.4, 0.5) is 27.6 Å². The number of rotatable bonds is 5. The summed E-state index contributed by atoms with van der Waals surface area (Å²) in [6.45, 7) is 0.480. The highest BCUT2D eigenvalue weighted by Crippen LogP contribution is 2.44. The number of hydrogen-bond donors (Lipinski definition) is 2. The number of nitrogens with one attached hydrogen (secondary N) is 1. The maximum absolute atomic E-state index is 13.5. The summed E-state index contributed by atoms with van der Waals surface area (Å²) in [5.41, 5.74) is 0.702. The molecular formula is C22H16F5N3O. The molecule has 0 aliphatic heterocycles. The quantitative estimate of drug-likeness (QED) is 0.380. The van der Waals surface area contributed by atoms with Gasteiger partial charge >= 0.3 is 12.1 Å². The Morgan fingerprint density at radius 1 is 0.903 bits per heavy atom. The number of hydrogen-bond acceptors (Lipinski definition) is 3. The van der Waals surface area contributed by atoms with Gasteiger partial charge in [-0.1, -0.05) is 24.3 Å².